The summed E-state index contributed by atoms with van der Waals surface area (Å²) in [4.78, 5) is 11.8. The van der Waals surface area contributed by atoms with Gasteiger partial charge in [-0.25, -0.2) is 0 Å². The molecule has 3 nitrogen and oxygen atoms in total. The smallest absolute Gasteiger partial charge is 0.242 e. The molecule has 2 aromatic rings. The average molecular weight is 317 g/mol. The second kappa shape index (κ2) is 5.87. The zero-order chi connectivity index (χ0) is 13.8. The molecule has 2 aromatic carbocycles. The Bertz CT molecular complexity index is 661. The molecule has 19 heavy (non-hydrogen) atoms. The van der Waals surface area contributed by atoms with Gasteiger partial charge in [0.2, 0.25) is 5.91 Å². The van der Waals surface area contributed by atoms with Gasteiger partial charge in [-0.3, -0.25) is 4.79 Å². The number of hydrogen-bond acceptors (Lipinski definition) is 2. The molecule has 1 atom stereocenters. The number of amides is 1. The van der Waals surface area contributed by atoms with Crippen LogP contribution in [0.3, 0.4) is 0 Å². The topological polar surface area (TPSA) is 55.1 Å². The van der Waals surface area contributed by atoms with Gasteiger partial charge in [0.15, 0.2) is 0 Å². The van der Waals surface area contributed by atoms with Crippen molar-refractivity contribution in [3.8, 4) is 12.3 Å². The van der Waals surface area contributed by atoms with E-state index in [2.05, 4.69) is 27.2 Å². The number of terminal acetylenes is 1. The average Bonchev–Trinajstić information content (AvgIpc) is 2.39. The predicted molar refractivity (Wildman–Crippen MR) is 81.7 cm³/mol. The molecule has 0 aliphatic heterocycles. The molecule has 0 saturated carbocycles. The second-order valence-electron chi connectivity index (χ2n) is 4.21. The summed E-state index contributed by atoms with van der Waals surface area (Å²) in [6.07, 6.45) is 5.36. The van der Waals surface area contributed by atoms with Crippen molar-refractivity contribution in [1.82, 2.24) is 0 Å². The summed E-state index contributed by atoms with van der Waals surface area (Å²) in [6.45, 7) is 0. The van der Waals surface area contributed by atoms with Crippen molar-refractivity contribution < 1.29 is 4.79 Å². The van der Waals surface area contributed by atoms with Crippen molar-refractivity contribution in [3.63, 3.8) is 0 Å². The van der Waals surface area contributed by atoms with Crippen molar-refractivity contribution in [2.75, 3.05) is 5.32 Å². The maximum atomic E-state index is 11.8. The molecule has 2 rings (SSSR count). The summed E-state index contributed by atoms with van der Waals surface area (Å²) in [7, 11) is 0. The Morgan fingerprint density at radius 2 is 2.00 bits per heavy atom. The van der Waals surface area contributed by atoms with Gasteiger partial charge in [0, 0.05) is 16.6 Å². The molecule has 0 heterocycles. The number of fused-ring (bicyclic) bond motifs is 1. The Morgan fingerprint density at radius 1 is 1.32 bits per heavy atom. The number of carbonyl (C=O) groups is 1. The van der Waals surface area contributed by atoms with Crippen LogP contribution in [-0.4, -0.2) is 11.9 Å². The lowest BCUT2D eigenvalue weighted by Crippen LogP contribution is -2.35. The van der Waals surface area contributed by atoms with E-state index in [1.54, 1.807) is 0 Å². The first-order chi connectivity index (χ1) is 9.10. The number of carbonyl (C=O) groups excluding carboxylic acids is 1. The fourth-order valence-electron chi connectivity index (χ4n) is 1.75. The molecule has 0 saturated heterocycles. The van der Waals surface area contributed by atoms with E-state index in [1.165, 1.54) is 0 Å². The monoisotopic (exact) mass is 316 g/mol. The summed E-state index contributed by atoms with van der Waals surface area (Å²) >= 11 is 3.42. The summed E-state index contributed by atoms with van der Waals surface area (Å²) in [5, 5.41) is 4.91. The number of nitrogens with two attached hydrogens (primary N) is 1. The highest BCUT2D eigenvalue weighted by atomic mass is 79.9. The van der Waals surface area contributed by atoms with E-state index < -0.39 is 6.04 Å². The Hall–Kier alpha value is -1.83. The molecule has 1 unspecified atom stereocenters. The van der Waals surface area contributed by atoms with Gasteiger partial charge in [-0.2, -0.15) is 0 Å². The molecule has 0 aliphatic carbocycles. The third-order valence-corrected chi connectivity index (χ3v) is 3.24. The fourth-order valence-corrected chi connectivity index (χ4v) is 2.13. The number of halogens is 1. The largest absolute Gasteiger partial charge is 0.325 e. The van der Waals surface area contributed by atoms with E-state index in [-0.39, 0.29) is 12.3 Å². The van der Waals surface area contributed by atoms with Crippen LogP contribution in [-0.2, 0) is 4.79 Å². The number of benzene rings is 2. The van der Waals surface area contributed by atoms with E-state index in [4.69, 9.17) is 12.2 Å². The quantitative estimate of drug-likeness (QED) is 0.855. The minimum Gasteiger partial charge on any atom is -0.325 e. The van der Waals surface area contributed by atoms with E-state index in [0.717, 1.165) is 15.2 Å². The molecule has 4 heteroatoms. The normalized spacial score (nSPS) is 11.8. The molecule has 0 radical (unpaired) electrons. The van der Waals surface area contributed by atoms with Crippen LogP contribution in [0.5, 0.6) is 0 Å². The Morgan fingerprint density at radius 3 is 2.74 bits per heavy atom. The maximum absolute atomic E-state index is 11.8. The van der Waals surface area contributed by atoms with Gasteiger partial charge in [-0.15, -0.1) is 12.3 Å². The summed E-state index contributed by atoms with van der Waals surface area (Å²) in [6, 6.07) is 11.0. The van der Waals surface area contributed by atoms with Gasteiger partial charge in [-0.1, -0.05) is 28.1 Å². The van der Waals surface area contributed by atoms with Crippen molar-refractivity contribution >= 4 is 38.3 Å². The zero-order valence-corrected chi connectivity index (χ0v) is 11.8. The summed E-state index contributed by atoms with van der Waals surface area (Å²) < 4.78 is 1.02. The van der Waals surface area contributed by atoms with Crippen LogP contribution in [0, 0.1) is 12.3 Å². The minimum atomic E-state index is -0.675. The van der Waals surface area contributed by atoms with Crippen LogP contribution >= 0.6 is 15.9 Å². The SMILES string of the molecule is C#CCC(N)C(=O)Nc1ccc2cc(Br)ccc2c1. The minimum absolute atomic E-state index is 0.229. The first-order valence-electron chi connectivity index (χ1n) is 5.79. The maximum Gasteiger partial charge on any atom is 0.242 e. The van der Waals surface area contributed by atoms with Crippen LogP contribution in [0.4, 0.5) is 5.69 Å². The highest BCUT2D eigenvalue weighted by molar-refractivity contribution is 9.10. The van der Waals surface area contributed by atoms with E-state index in [9.17, 15) is 4.79 Å². The van der Waals surface area contributed by atoms with Crippen LogP contribution in [0.1, 0.15) is 6.42 Å². The van der Waals surface area contributed by atoms with Crippen LogP contribution in [0.15, 0.2) is 40.9 Å². The number of anilines is 1. The van der Waals surface area contributed by atoms with Crippen LogP contribution in [0.2, 0.25) is 0 Å². The number of nitrogens with one attached hydrogen (secondary N) is 1. The lowest BCUT2D eigenvalue weighted by atomic mass is 10.1. The van der Waals surface area contributed by atoms with Crippen molar-refractivity contribution in [1.29, 1.82) is 0 Å². The third-order valence-electron chi connectivity index (χ3n) is 2.74. The molecule has 0 bridgehead atoms. The number of rotatable bonds is 3. The standard InChI is InChI=1S/C15H13BrN2O/c1-2-3-14(17)15(19)18-13-7-5-10-8-12(16)6-4-11(10)9-13/h1,4-9,14H,3,17H2,(H,18,19). The highest BCUT2D eigenvalue weighted by Gasteiger charge is 2.12. The number of hydrogen-bond donors (Lipinski definition) is 2. The van der Waals surface area contributed by atoms with Gasteiger partial charge >= 0.3 is 0 Å². The Balaban J connectivity index is 2.20. The van der Waals surface area contributed by atoms with E-state index in [0.29, 0.717) is 5.69 Å². The van der Waals surface area contributed by atoms with Gasteiger partial charge in [-0.05, 0) is 35.0 Å². The van der Waals surface area contributed by atoms with Crippen molar-refractivity contribution in [3.05, 3.63) is 40.9 Å². The molecular weight excluding hydrogens is 304 g/mol. The summed E-state index contributed by atoms with van der Waals surface area (Å²) in [5.41, 5.74) is 6.36. The highest BCUT2D eigenvalue weighted by Crippen LogP contribution is 2.23. The van der Waals surface area contributed by atoms with Crippen molar-refractivity contribution in [2.24, 2.45) is 5.73 Å². The van der Waals surface area contributed by atoms with Gasteiger partial charge in [0.25, 0.3) is 0 Å². The molecule has 96 valence electrons. The lowest BCUT2D eigenvalue weighted by molar-refractivity contribution is -0.117. The van der Waals surface area contributed by atoms with Crippen LogP contribution < -0.4 is 11.1 Å². The fraction of sp³-hybridized carbons (Fsp3) is 0.133. The van der Waals surface area contributed by atoms with Gasteiger partial charge in [0.1, 0.15) is 0 Å². The predicted octanol–water partition coefficient (Wildman–Crippen LogP) is 2.89. The third kappa shape index (κ3) is 3.34. The molecule has 0 aliphatic rings. The van der Waals surface area contributed by atoms with Crippen molar-refractivity contribution in [2.45, 2.75) is 12.5 Å². The first-order valence-corrected chi connectivity index (χ1v) is 6.58. The second-order valence-corrected chi connectivity index (χ2v) is 5.13. The van der Waals surface area contributed by atoms with Crippen LogP contribution in [0.25, 0.3) is 10.8 Å². The zero-order valence-electron chi connectivity index (χ0n) is 10.2. The first kappa shape index (κ1) is 13.6. The van der Waals surface area contributed by atoms with E-state index in [1.807, 2.05) is 36.4 Å². The molecule has 0 fully saturated rings. The Labute approximate surface area is 120 Å². The lowest BCUT2D eigenvalue weighted by Gasteiger charge is -2.10. The molecule has 1 amide bonds. The van der Waals surface area contributed by atoms with E-state index >= 15 is 0 Å². The summed E-state index contributed by atoms with van der Waals surface area (Å²) in [5.74, 6) is 2.11. The Kier molecular flexibility index (Phi) is 4.20. The molecular formula is C15H13BrN2O. The van der Waals surface area contributed by atoms with Gasteiger partial charge in [0.05, 0.1) is 6.04 Å². The van der Waals surface area contributed by atoms with Gasteiger partial charge < -0.3 is 11.1 Å². The molecule has 0 aromatic heterocycles. The molecule has 3 N–H and O–H groups in total. The molecule has 0 spiro atoms.